The van der Waals surface area contributed by atoms with Crippen LogP contribution in [-0.4, -0.2) is 91.7 Å². The van der Waals surface area contributed by atoms with Crippen LogP contribution in [0.2, 0.25) is 0 Å². The Kier molecular flexibility index (Phi) is 11.1. The molecule has 63 heavy (non-hydrogen) atoms. The summed E-state index contributed by atoms with van der Waals surface area (Å²) in [6, 6.07) is 13.0. The Morgan fingerprint density at radius 3 is 2.03 bits per heavy atom. The normalized spacial score (nSPS) is 18.4. The van der Waals surface area contributed by atoms with Gasteiger partial charge in [0, 0.05) is 31.5 Å². The zero-order chi connectivity index (χ0) is 45.3. The number of rotatable bonds is 9. The lowest BCUT2D eigenvalue weighted by atomic mass is 9.95. The van der Waals surface area contributed by atoms with E-state index < -0.39 is 90.5 Å². The molecule has 3 aliphatic rings. The first-order valence-corrected chi connectivity index (χ1v) is 22.0. The van der Waals surface area contributed by atoms with Crippen LogP contribution in [0.3, 0.4) is 0 Å². The van der Waals surface area contributed by atoms with Crippen molar-refractivity contribution >= 4 is 38.3 Å². The quantitative estimate of drug-likeness (QED) is 0.104. The Morgan fingerprint density at radius 2 is 1.49 bits per heavy atom. The number of aromatic nitrogens is 3. The van der Waals surface area contributed by atoms with E-state index in [1.807, 2.05) is 0 Å². The number of fused-ring (bicyclic) bond motifs is 5. The molecule has 0 saturated carbocycles. The third kappa shape index (κ3) is 8.22. The third-order valence-electron chi connectivity index (χ3n) is 11.5. The van der Waals surface area contributed by atoms with Crippen LogP contribution in [0.15, 0.2) is 59.8 Å². The smallest absolute Gasteiger partial charge is 0.417 e. The van der Waals surface area contributed by atoms with Crippen molar-refractivity contribution in [3.05, 3.63) is 88.5 Å². The summed E-state index contributed by atoms with van der Waals surface area (Å²) in [7, 11) is -1.26. The molecule has 2 aromatic heterocycles. The molecule has 0 radical (unpaired) electrons. The Morgan fingerprint density at radius 1 is 0.889 bits per heavy atom. The minimum absolute atomic E-state index is 0.00676. The molecule has 334 valence electrons. The first kappa shape index (κ1) is 43.7. The van der Waals surface area contributed by atoms with Crippen LogP contribution >= 0.6 is 0 Å². The van der Waals surface area contributed by atoms with Gasteiger partial charge in [0.2, 0.25) is 20.9 Å². The van der Waals surface area contributed by atoms with E-state index in [1.165, 1.54) is 19.1 Å². The molecule has 0 aliphatic carbocycles. The lowest BCUT2D eigenvalue weighted by molar-refractivity contribution is -0.137. The monoisotopic (exact) mass is 896 g/mol. The highest BCUT2D eigenvalue weighted by Gasteiger charge is 2.52. The van der Waals surface area contributed by atoms with E-state index in [0.29, 0.717) is 35.5 Å². The van der Waals surface area contributed by atoms with Crippen LogP contribution < -0.4 is 24.0 Å². The van der Waals surface area contributed by atoms with Crippen molar-refractivity contribution in [2.75, 3.05) is 43.4 Å². The predicted molar refractivity (Wildman–Crippen MR) is 223 cm³/mol. The third-order valence-corrected chi connectivity index (χ3v) is 12.4. The summed E-state index contributed by atoms with van der Waals surface area (Å²) in [5.74, 6) is -1.93. The van der Waals surface area contributed by atoms with Gasteiger partial charge in [0.25, 0.3) is 0 Å². The van der Waals surface area contributed by atoms with E-state index in [2.05, 4.69) is 15.0 Å². The van der Waals surface area contributed by atoms with Crippen LogP contribution in [0.25, 0.3) is 22.2 Å². The molecule has 5 aromatic rings. The van der Waals surface area contributed by atoms with E-state index in [1.54, 1.807) is 79.1 Å². The fourth-order valence-corrected chi connectivity index (χ4v) is 9.20. The maximum absolute atomic E-state index is 17.5. The zero-order valence-electron chi connectivity index (χ0n) is 35.5. The molecule has 19 heteroatoms. The van der Waals surface area contributed by atoms with Crippen molar-refractivity contribution in [1.29, 1.82) is 0 Å². The summed E-state index contributed by atoms with van der Waals surface area (Å²) in [6.07, 6.45) is -3.87. The molecule has 2 saturated heterocycles. The number of carbonyl (C=O) groups excluding carboxylic acids is 1. The maximum atomic E-state index is 17.5. The fourth-order valence-electron chi connectivity index (χ4n) is 8.69. The van der Waals surface area contributed by atoms with E-state index in [-0.39, 0.29) is 49.0 Å². The van der Waals surface area contributed by atoms with Crippen molar-refractivity contribution in [1.82, 2.24) is 19.9 Å². The molecule has 3 atom stereocenters. The Bertz CT molecular complexity index is 2670. The molecule has 1 amide bonds. The van der Waals surface area contributed by atoms with Gasteiger partial charge in [-0.05, 0) is 87.6 Å². The number of pyridine rings is 1. The van der Waals surface area contributed by atoms with Crippen molar-refractivity contribution in [2.24, 2.45) is 0 Å². The molecule has 0 spiro atoms. The minimum atomic E-state index is -5.23. The van der Waals surface area contributed by atoms with Crippen molar-refractivity contribution in [3.63, 3.8) is 0 Å². The SMILES string of the molecule is COc1ccc(CN(Cc2ccc(OC)cc2)c2cc(-c3nc4c5c(nc(S(C)(=O)=O)nc5c3F)N3C[C@H]5CC[C@@H]([C@H]3CO4)N5C(=O)OC(C)(C)C)c(C(F)(F)F)c(C)c2F)cc1. The standard InChI is InChI=1S/C44H45F5N6O7S/c1-23-34(44(47,48)49)29(18-31(35(23)45)53(19-24-8-13-27(59-5)14-9-24)20-25-10-15-28(60-6)16-11-25)37-36(46)38-33-39(52-41(51-38)63(7,57)58)54-21-26-12-17-30(32(54)22-61-40(33)50-37)55(26)42(56)62-43(2,3)4/h8-11,13-16,18,26,30,32H,12,17,19-22H2,1-7H3/t26-,30+,32-/m1/s1. The van der Waals surface area contributed by atoms with Gasteiger partial charge in [-0.25, -0.2) is 36.9 Å². The molecule has 0 unspecified atom stereocenters. The topological polar surface area (TPSA) is 137 Å². The van der Waals surface area contributed by atoms with Crippen LogP contribution in [0.5, 0.6) is 17.4 Å². The van der Waals surface area contributed by atoms with Gasteiger partial charge in [0.05, 0.1) is 43.6 Å². The number of alkyl halides is 3. The number of hydrogen-bond donors (Lipinski definition) is 0. The number of nitrogens with zero attached hydrogens (tertiary/aromatic N) is 6. The van der Waals surface area contributed by atoms with Crippen molar-refractivity contribution in [2.45, 2.75) is 88.7 Å². The second kappa shape index (κ2) is 16.0. The predicted octanol–water partition coefficient (Wildman–Crippen LogP) is 8.27. The number of carbonyl (C=O) groups is 1. The van der Waals surface area contributed by atoms with E-state index in [4.69, 9.17) is 18.9 Å². The number of anilines is 2. The zero-order valence-corrected chi connectivity index (χ0v) is 36.3. The van der Waals surface area contributed by atoms with Crippen LogP contribution in [0.1, 0.15) is 55.9 Å². The van der Waals surface area contributed by atoms with Gasteiger partial charge in [-0.3, -0.25) is 4.90 Å². The number of halogens is 5. The van der Waals surface area contributed by atoms with Gasteiger partial charge < -0.3 is 28.7 Å². The second-order valence-corrected chi connectivity index (χ2v) is 18.8. The van der Waals surface area contributed by atoms with E-state index >= 15 is 22.0 Å². The Balaban J connectivity index is 1.32. The summed E-state index contributed by atoms with van der Waals surface area (Å²) in [5.41, 5.74) is -4.51. The highest BCUT2D eigenvalue weighted by molar-refractivity contribution is 7.90. The molecule has 2 bridgehead atoms. The molecule has 3 aliphatic heterocycles. The summed E-state index contributed by atoms with van der Waals surface area (Å²) < 4.78 is 129. The Hall–Kier alpha value is -5.98. The molecule has 8 rings (SSSR count). The number of ether oxygens (including phenoxy) is 4. The molecule has 5 heterocycles. The fraction of sp³-hybridized carbons (Fsp3) is 0.409. The number of methoxy groups -OCH3 is 2. The highest BCUT2D eigenvalue weighted by atomic mass is 32.2. The lowest BCUT2D eigenvalue weighted by Gasteiger charge is -2.46. The van der Waals surface area contributed by atoms with Crippen LogP contribution in [0.4, 0.5) is 38.3 Å². The van der Waals surface area contributed by atoms with Gasteiger partial charge in [0.15, 0.2) is 5.82 Å². The van der Waals surface area contributed by atoms with E-state index in [9.17, 15) is 13.2 Å². The van der Waals surface area contributed by atoms with Crippen molar-refractivity contribution < 1.29 is 54.1 Å². The molecule has 13 nitrogen and oxygen atoms in total. The van der Waals surface area contributed by atoms with Gasteiger partial charge in [0.1, 0.15) is 51.9 Å². The number of hydrogen-bond acceptors (Lipinski definition) is 12. The van der Waals surface area contributed by atoms with Crippen LogP contribution in [0, 0.1) is 18.6 Å². The van der Waals surface area contributed by atoms with Crippen molar-refractivity contribution in [3.8, 4) is 28.6 Å². The molecular formula is C44H45F5N6O7S. The molecule has 3 aromatic carbocycles. The average molecular weight is 897 g/mol. The van der Waals surface area contributed by atoms with E-state index in [0.717, 1.165) is 19.2 Å². The number of piperazine rings is 1. The summed E-state index contributed by atoms with van der Waals surface area (Å²) in [6.45, 7) is 6.09. The Labute approximate surface area is 360 Å². The largest absolute Gasteiger partial charge is 0.497 e. The molecule has 2 fully saturated rings. The summed E-state index contributed by atoms with van der Waals surface area (Å²) in [5, 5.41) is -0.948. The van der Waals surface area contributed by atoms with Gasteiger partial charge >= 0.3 is 12.3 Å². The summed E-state index contributed by atoms with van der Waals surface area (Å²) >= 11 is 0. The second-order valence-electron chi connectivity index (χ2n) is 16.9. The van der Waals surface area contributed by atoms with Gasteiger partial charge in [-0.2, -0.15) is 13.2 Å². The maximum Gasteiger partial charge on any atom is 0.417 e. The van der Waals surface area contributed by atoms with Gasteiger partial charge in [-0.15, -0.1) is 0 Å². The number of amides is 1. The number of benzene rings is 3. The van der Waals surface area contributed by atoms with Crippen LogP contribution in [-0.2, 0) is 33.8 Å². The molecule has 0 N–H and O–H groups in total. The lowest BCUT2D eigenvalue weighted by Crippen LogP contribution is -2.63. The molecular weight excluding hydrogens is 852 g/mol. The minimum Gasteiger partial charge on any atom is -0.497 e. The number of sulfone groups is 1. The summed E-state index contributed by atoms with van der Waals surface area (Å²) in [4.78, 5) is 31.3. The first-order valence-electron chi connectivity index (χ1n) is 20.1. The average Bonchev–Trinajstić information content (AvgIpc) is 3.46. The van der Waals surface area contributed by atoms with Gasteiger partial charge in [-0.1, -0.05) is 24.3 Å². The highest BCUT2D eigenvalue weighted by Crippen LogP contribution is 2.48. The first-order chi connectivity index (χ1) is 29.7.